The van der Waals surface area contributed by atoms with Gasteiger partial charge in [0.2, 0.25) is 0 Å². The largest absolute Gasteiger partial charge is 0.454 e. The van der Waals surface area contributed by atoms with E-state index >= 15 is 0 Å². The van der Waals surface area contributed by atoms with Crippen LogP contribution in [0.2, 0.25) is 0 Å². The lowest BCUT2D eigenvalue weighted by atomic mass is 10.1. The van der Waals surface area contributed by atoms with Crippen LogP contribution in [-0.4, -0.2) is 42.6 Å². The van der Waals surface area contributed by atoms with E-state index in [4.69, 9.17) is 18.9 Å². The number of hydrogen-bond acceptors (Lipinski definition) is 6. The molecule has 0 aromatic rings. The number of carbonyl (C=O) groups excluding carboxylic acids is 2. The summed E-state index contributed by atoms with van der Waals surface area (Å²) in [7, 11) is 0. The summed E-state index contributed by atoms with van der Waals surface area (Å²) in [6.45, 7) is 5.14. The van der Waals surface area contributed by atoms with Crippen molar-refractivity contribution in [2.75, 3.05) is 6.61 Å². The molecular weight excluding hydrogens is 240 g/mol. The van der Waals surface area contributed by atoms with Crippen LogP contribution in [0.4, 0.5) is 0 Å². The highest BCUT2D eigenvalue weighted by Crippen LogP contribution is 2.29. The predicted octanol–water partition coefficient (Wildman–Crippen LogP) is 0.551. The highest BCUT2D eigenvalue weighted by molar-refractivity contribution is 5.83. The van der Waals surface area contributed by atoms with Gasteiger partial charge < -0.3 is 18.9 Å². The molecule has 0 radical (unpaired) electrons. The normalized spacial score (nSPS) is 34.2. The fraction of sp³-hybridized carbons (Fsp3) is 0.667. The number of esters is 2. The second kappa shape index (κ2) is 4.70. The van der Waals surface area contributed by atoms with Gasteiger partial charge in [0.25, 0.3) is 0 Å². The third kappa shape index (κ3) is 2.88. The smallest absolute Gasteiger partial charge is 0.331 e. The van der Waals surface area contributed by atoms with Crippen molar-refractivity contribution in [3.8, 4) is 0 Å². The number of ether oxygens (including phenoxy) is 4. The Morgan fingerprint density at radius 3 is 2.78 bits per heavy atom. The van der Waals surface area contributed by atoms with E-state index in [0.717, 1.165) is 0 Å². The molecule has 0 aromatic carbocycles. The molecule has 6 nitrogen and oxygen atoms in total. The number of cyclic esters (lactones) is 1. The Labute approximate surface area is 105 Å². The second-order valence-electron chi connectivity index (χ2n) is 4.70. The summed E-state index contributed by atoms with van der Waals surface area (Å²) in [5, 5.41) is 0. The molecule has 18 heavy (non-hydrogen) atoms. The zero-order chi connectivity index (χ0) is 13.3. The first-order chi connectivity index (χ1) is 8.37. The van der Waals surface area contributed by atoms with Gasteiger partial charge in [-0.1, -0.05) is 0 Å². The molecule has 2 aliphatic heterocycles. The number of hydrogen-bond donors (Lipinski definition) is 0. The Hall–Kier alpha value is -1.40. The fourth-order valence-corrected chi connectivity index (χ4v) is 1.99. The molecule has 2 heterocycles. The van der Waals surface area contributed by atoms with E-state index in [1.165, 1.54) is 19.1 Å². The minimum atomic E-state index is -0.723. The zero-order valence-electron chi connectivity index (χ0n) is 10.5. The first-order valence-electron chi connectivity index (χ1n) is 5.75. The molecule has 0 saturated carbocycles. The summed E-state index contributed by atoms with van der Waals surface area (Å²) in [5.41, 5.74) is 0. The van der Waals surface area contributed by atoms with Crippen LogP contribution in [0.5, 0.6) is 0 Å². The Kier molecular flexibility index (Phi) is 3.41. The Morgan fingerprint density at radius 2 is 2.22 bits per heavy atom. The lowest BCUT2D eigenvalue weighted by molar-refractivity contribution is -0.184. The van der Waals surface area contributed by atoms with E-state index in [-0.39, 0.29) is 6.61 Å². The third-order valence-electron chi connectivity index (χ3n) is 2.70. The molecular formula is C12H16O6. The maximum atomic E-state index is 11.3. The lowest BCUT2D eigenvalue weighted by Gasteiger charge is -2.30. The first kappa shape index (κ1) is 13.0. The Bertz CT molecular complexity index is 386. The molecule has 0 aromatic heterocycles. The van der Waals surface area contributed by atoms with Gasteiger partial charge in [-0.25, -0.2) is 4.79 Å². The summed E-state index contributed by atoms with van der Waals surface area (Å²) in [5.74, 6) is -1.64. The summed E-state index contributed by atoms with van der Waals surface area (Å²) in [6, 6.07) is 0. The maximum absolute atomic E-state index is 11.3. The van der Waals surface area contributed by atoms with E-state index in [0.29, 0.717) is 0 Å². The molecule has 100 valence electrons. The van der Waals surface area contributed by atoms with Gasteiger partial charge in [0.05, 0.1) is 6.61 Å². The van der Waals surface area contributed by atoms with Crippen LogP contribution >= 0.6 is 0 Å². The lowest BCUT2D eigenvalue weighted by Crippen LogP contribution is -2.46. The van der Waals surface area contributed by atoms with E-state index < -0.39 is 36.0 Å². The minimum Gasteiger partial charge on any atom is -0.454 e. The van der Waals surface area contributed by atoms with E-state index in [9.17, 15) is 9.59 Å². The topological polar surface area (TPSA) is 71.1 Å². The molecule has 0 aliphatic carbocycles. The molecule has 0 unspecified atom stereocenters. The van der Waals surface area contributed by atoms with Crippen LogP contribution in [0.3, 0.4) is 0 Å². The molecule has 0 bridgehead atoms. The van der Waals surface area contributed by atoms with Gasteiger partial charge >= 0.3 is 11.9 Å². The van der Waals surface area contributed by atoms with Crippen molar-refractivity contribution >= 4 is 11.9 Å². The summed E-state index contributed by atoms with van der Waals surface area (Å²) >= 11 is 0. The molecule has 6 heteroatoms. The molecule has 0 amide bonds. The quantitative estimate of drug-likeness (QED) is 0.672. The van der Waals surface area contributed by atoms with Gasteiger partial charge in [-0.3, -0.25) is 4.79 Å². The Balaban J connectivity index is 2.11. The van der Waals surface area contributed by atoms with Gasteiger partial charge in [-0.05, 0) is 19.9 Å². The maximum Gasteiger partial charge on any atom is 0.331 e. The standard InChI is InChI=1S/C12H16O6/c1-7(13)16-8-4-5-10(14)17-11(8)9-6-15-12(2,3)18-9/h4-5,8-9,11H,6H2,1-3H3/t8-,9+,11+/m0/s1. The molecule has 2 rings (SSSR count). The van der Waals surface area contributed by atoms with Gasteiger partial charge in [0, 0.05) is 13.0 Å². The van der Waals surface area contributed by atoms with Crippen LogP contribution in [0.25, 0.3) is 0 Å². The molecule has 1 saturated heterocycles. The highest BCUT2D eigenvalue weighted by atomic mass is 16.8. The fourth-order valence-electron chi connectivity index (χ4n) is 1.99. The Morgan fingerprint density at radius 1 is 1.50 bits per heavy atom. The van der Waals surface area contributed by atoms with E-state index in [2.05, 4.69) is 0 Å². The van der Waals surface area contributed by atoms with Crippen molar-refractivity contribution in [1.29, 1.82) is 0 Å². The average molecular weight is 256 g/mol. The van der Waals surface area contributed by atoms with Crippen LogP contribution in [-0.2, 0) is 28.5 Å². The van der Waals surface area contributed by atoms with Crippen molar-refractivity contribution in [3.05, 3.63) is 12.2 Å². The van der Waals surface area contributed by atoms with Crippen LogP contribution < -0.4 is 0 Å². The van der Waals surface area contributed by atoms with Crippen molar-refractivity contribution < 1.29 is 28.5 Å². The highest BCUT2D eigenvalue weighted by Gasteiger charge is 2.44. The molecule has 3 atom stereocenters. The monoisotopic (exact) mass is 256 g/mol. The van der Waals surface area contributed by atoms with Crippen molar-refractivity contribution in [3.63, 3.8) is 0 Å². The summed E-state index contributed by atoms with van der Waals surface area (Å²) in [6.07, 6.45) is 0.992. The molecule has 0 spiro atoms. The SMILES string of the molecule is CC(=O)O[C@H]1C=CC(=O)O[C@H]1[C@H]1COC(C)(C)O1. The molecule has 1 fully saturated rings. The van der Waals surface area contributed by atoms with Gasteiger partial charge in [0.15, 0.2) is 18.0 Å². The molecule has 0 N–H and O–H groups in total. The van der Waals surface area contributed by atoms with Crippen molar-refractivity contribution in [2.45, 2.75) is 44.9 Å². The number of carbonyl (C=O) groups is 2. The number of rotatable bonds is 2. The predicted molar refractivity (Wildman–Crippen MR) is 59.5 cm³/mol. The third-order valence-corrected chi connectivity index (χ3v) is 2.70. The minimum absolute atomic E-state index is 0.288. The molecule has 2 aliphatic rings. The van der Waals surface area contributed by atoms with E-state index in [1.807, 2.05) is 0 Å². The second-order valence-corrected chi connectivity index (χ2v) is 4.70. The summed E-state index contributed by atoms with van der Waals surface area (Å²) < 4.78 is 21.3. The zero-order valence-corrected chi connectivity index (χ0v) is 10.5. The van der Waals surface area contributed by atoms with Gasteiger partial charge in [0.1, 0.15) is 6.10 Å². The average Bonchev–Trinajstić information content (AvgIpc) is 2.61. The van der Waals surface area contributed by atoms with Crippen LogP contribution in [0.15, 0.2) is 12.2 Å². The van der Waals surface area contributed by atoms with Crippen LogP contribution in [0.1, 0.15) is 20.8 Å². The summed E-state index contributed by atoms with van der Waals surface area (Å²) in [4.78, 5) is 22.3. The first-order valence-corrected chi connectivity index (χ1v) is 5.75. The van der Waals surface area contributed by atoms with Crippen LogP contribution in [0, 0.1) is 0 Å². The van der Waals surface area contributed by atoms with Crippen molar-refractivity contribution in [1.82, 2.24) is 0 Å². The van der Waals surface area contributed by atoms with Gasteiger partial charge in [-0.15, -0.1) is 0 Å². The van der Waals surface area contributed by atoms with Gasteiger partial charge in [-0.2, -0.15) is 0 Å². The van der Waals surface area contributed by atoms with E-state index in [1.54, 1.807) is 13.8 Å². The van der Waals surface area contributed by atoms with Crippen molar-refractivity contribution in [2.24, 2.45) is 0 Å².